The van der Waals surface area contributed by atoms with E-state index < -0.39 is 35.9 Å². The normalized spacial score (nSPS) is 17.3. The third-order valence-corrected chi connectivity index (χ3v) is 6.10. The highest BCUT2D eigenvalue weighted by molar-refractivity contribution is 5.94. The Balaban J connectivity index is 2.20. The van der Waals surface area contributed by atoms with Crippen LogP contribution in [0, 0.1) is 5.92 Å². The van der Waals surface area contributed by atoms with Gasteiger partial charge in [0.15, 0.2) is 5.96 Å². The number of hydrogen-bond donors (Lipinski definition) is 7. The molecule has 37 heavy (non-hydrogen) atoms. The van der Waals surface area contributed by atoms with Crippen LogP contribution in [0.2, 0.25) is 0 Å². The number of carbonyl (C=O) groups is 4. The second-order valence-electron chi connectivity index (χ2n) is 9.48. The highest BCUT2D eigenvalue weighted by Gasteiger charge is 2.32. The number of aliphatic imine (C=N–C) groups is 1. The molecule has 1 aromatic carbocycles. The number of hydrogen-bond acceptors (Lipinski definition) is 6. The van der Waals surface area contributed by atoms with E-state index in [0.717, 1.165) is 18.5 Å². The van der Waals surface area contributed by atoms with Crippen molar-refractivity contribution < 1.29 is 24.3 Å². The van der Waals surface area contributed by atoms with Crippen LogP contribution in [0.1, 0.15) is 45.1 Å². The number of carboxylic acids is 1. The molecule has 0 spiro atoms. The molecule has 4 unspecified atom stereocenters. The Morgan fingerprint density at radius 3 is 2.30 bits per heavy atom. The largest absolute Gasteiger partial charge is 0.480 e. The lowest BCUT2D eigenvalue weighted by Crippen LogP contribution is -2.58. The highest BCUT2D eigenvalue weighted by Crippen LogP contribution is 2.10. The number of nitrogens with zero attached hydrogens (tertiary/aromatic N) is 1. The van der Waals surface area contributed by atoms with E-state index in [0.29, 0.717) is 12.8 Å². The van der Waals surface area contributed by atoms with Crippen LogP contribution >= 0.6 is 0 Å². The molecule has 1 heterocycles. The Morgan fingerprint density at radius 2 is 1.73 bits per heavy atom. The molecule has 12 nitrogen and oxygen atoms in total. The summed E-state index contributed by atoms with van der Waals surface area (Å²) in [4.78, 5) is 54.8. The molecular weight excluding hydrogens is 478 g/mol. The van der Waals surface area contributed by atoms with Gasteiger partial charge in [-0.15, -0.1) is 0 Å². The lowest BCUT2D eigenvalue weighted by Gasteiger charge is -2.26. The van der Waals surface area contributed by atoms with Crippen LogP contribution in [0.15, 0.2) is 35.3 Å². The summed E-state index contributed by atoms with van der Waals surface area (Å²) in [6.45, 7) is 4.31. The van der Waals surface area contributed by atoms with Crippen LogP contribution < -0.4 is 32.7 Å². The number of amides is 3. The molecule has 1 aliphatic heterocycles. The number of carbonyl (C=O) groups excluding carboxylic acids is 3. The van der Waals surface area contributed by atoms with Gasteiger partial charge in [-0.05, 0) is 43.7 Å². The first-order valence-corrected chi connectivity index (χ1v) is 12.5. The first-order valence-electron chi connectivity index (χ1n) is 12.5. The van der Waals surface area contributed by atoms with Crippen LogP contribution in [-0.4, -0.2) is 72.0 Å². The Labute approximate surface area is 217 Å². The number of aliphatic carboxylic acids is 1. The van der Waals surface area contributed by atoms with Crippen molar-refractivity contribution in [2.75, 3.05) is 13.1 Å². The number of rotatable bonds is 14. The SMILES string of the molecule is CC(C)C(NC(=O)C(CCCN=C(N)N)NC(=O)C(Cc1ccccc1)NC(=O)C1CCCN1)C(=O)O. The van der Waals surface area contributed by atoms with Crippen molar-refractivity contribution in [3.05, 3.63) is 35.9 Å². The van der Waals surface area contributed by atoms with Crippen molar-refractivity contribution in [2.24, 2.45) is 22.4 Å². The average molecular weight is 518 g/mol. The van der Waals surface area contributed by atoms with Gasteiger partial charge in [-0.25, -0.2) is 4.79 Å². The summed E-state index contributed by atoms with van der Waals surface area (Å²) in [7, 11) is 0. The van der Waals surface area contributed by atoms with Crippen molar-refractivity contribution in [1.29, 1.82) is 0 Å². The monoisotopic (exact) mass is 517 g/mol. The molecule has 0 saturated carbocycles. The van der Waals surface area contributed by atoms with Gasteiger partial charge < -0.3 is 37.8 Å². The number of nitrogens with one attached hydrogen (secondary N) is 4. The summed E-state index contributed by atoms with van der Waals surface area (Å²) in [5.41, 5.74) is 11.6. The summed E-state index contributed by atoms with van der Waals surface area (Å²) in [6.07, 6.45) is 2.28. The molecule has 2 rings (SSSR count). The van der Waals surface area contributed by atoms with E-state index in [2.05, 4.69) is 26.3 Å². The molecule has 1 aromatic rings. The van der Waals surface area contributed by atoms with Crippen molar-refractivity contribution in [1.82, 2.24) is 21.3 Å². The predicted octanol–water partition coefficient (Wildman–Crippen LogP) is -0.770. The first kappa shape index (κ1) is 29.6. The van der Waals surface area contributed by atoms with Crippen molar-refractivity contribution in [3.63, 3.8) is 0 Å². The number of guanidine groups is 1. The molecule has 3 amide bonds. The maximum absolute atomic E-state index is 13.4. The van der Waals surface area contributed by atoms with Gasteiger partial charge in [0.1, 0.15) is 18.1 Å². The minimum atomic E-state index is -1.17. The van der Waals surface area contributed by atoms with Crippen LogP contribution in [-0.2, 0) is 25.6 Å². The standard InChI is InChI=1S/C25H39N7O5/c1-15(2)20(24(36)37)32-22(34)18(11-7-13-29-25(26)27)30-23(35)19(14-16-8-4-3-5-9-16)31-21(33)17-10-6-12-28-17/h3-5,8-9,15,17-20,28H,6-7,10-14H2,1-2H3,(H,30,35)(H,31,33)(H,32,34)(H,36,37)(H4,26,27,29). The first-order chi connectivity index (χ1) is 17.6. The van der Waals surface area contributed by atoms with E-state index in [1.165, 1.54) is 0 Å². The number of benzene rings is 1. The molecule has 9 N–H and O–H groups in total. The molecule has 0 bridgehead atoms. The van der Waals surface area contributed by atoms with Gasteiger partial charge in [0.05, 0.1) is 6.04 Å². The molecule has 4 atom stereocenters. The molecule has 0 aromatic heterocycles. The van der Waals surface area contributed by atoms with Crippen molar-refractivity contribution in [3.8, 4) is 0 Å². The maximum Gasteiger partial charge on any atom is 0.326 e. The lowest BCUT2D eigenvalue weighted by atomic mass is 10.0. The lowest BCUT2D eigenvalue weighted by molar-refractivity contribution is -0.143. The Hall–Kier alpha value is -3.67. The minimum Gasteiger partial charge on any atom is -0.480 e. The van der Waals surface area contributed by atoms with Crippen molar-refractivity contribution in [2.45, 2.75) is 70.1 Å². The zero-order valence-corrected chi connectivity index (χ0v) is 21.4. The molecule has 12 heteroatoms. The van der Waals surface area contributed by atoms with E-state index in [-0.39, 0.29) is 43.2 Å². The van der Waals surface area contributed by atoms with Crippen molar-refractivity contribution >= 4 is 29.7 Å². The van der Waals surface area contributed by atoms with E-state index in [4.69, 9.17) is 11.5 Å². The third-order valence-electron chi connectivity index (χ3n) is 6.10. The highest BCUT2D eigenvalue weighted by atomic mass is 16.4. The maximum atomic E-state index is 13.4. The Kier molecular flexibility index (Phi) is 11.8. The molecule has 1 saturated heterocycles. The van der Waals surface area contributed by atoms with Gasteiger partial charge in [-0.1, -0.05) is 44.2 Å². The summed E-state index contributed by atoms with van der Waals surface area (Å²) in [5, 5.41) is 20.6. The fourth-order valence-electron chi connectivity index (χ4n) is 4.05. The Morgan fingerprint density at radius 1 is 1.05 bits per heavy atom. The third kappa shape index (κ3) is 10.1. The summed E-state index contributed by atoms with van der Waals surface area (Å²) in [6, 6.07) is 5.71. The van der Waals surface area contributed by atoms with Gasteiger partial charge in [-0.2, -0.15) is 0 Å². The van der Waals surface area contributed by atoms with E-state index in [1.807, 2.05) is 30.3 Å². The zero-order valence-electron chi connectivity index (χ0n) is 21.4. The number of nitrogens with two attached hydrogens (primary N) is 2. The van der Waals surface area contributed by atoms with Gasteiger partial charge in [-0.3, -0.25) is 19.4 Å². The van der Waals surface area contributed by atoms with Gasteiger partial charge in [0, 0.05) is 13.0 Å². The molecular formula is C25H39N7O5. The molecule has 1 fully saturated rings. The Bertz CT molecular complexity index is 944. The second kappa shape index (κ2) is 14.8. The minimum absolute atomic E-state index is 0.0954. The van der Waals surface area contributed by atoms with Crippen LogP contribution in [0.5, 0.6) is 0 Å². The van der Waals surface area contributed by atoms with E-state index in [1.54, 1.807) is 13.8 Å². The smallest absolute Gasteiger partial charge is 0.326 e. The summed E-state index contributed by atoms with van der Waals surface area (Å²) >= 11 is 0. The molecule has 1 aliphatic rings. The fraction of sp³-hybridized carbons (Fsp3) is 0.560. The molecule has 204 valence electrons. The topological polar surface area (TPSA) is 201 Å². The second-order valence-corrected chi connectivity index (χ2v) is 9.48. The van der Waals surface area contributed by atoms with E-state index >= 15 is 0 Å². The zero-order chi connectivity index (χ0) is 27.4. The van der Waals surface area contributed by atoms with E-state index in [9.17, 15) is 24.3 Å². The fourth-order valence-corrected chi connectivity index (χ4v) is 4.05. The van der Waals surface area contributed by atoms with Gasteiger partial charge in [0.2, 0.25) is 17.7 Å². The van der Waals surface area contributed by atoms with Crippen LogP contribution in [0.4, 0.5) is 0 Å². The molecule has 0 radical (unpaired) electrons. The van der Waals surface area contributed by atoms with Crippen LogP contribution in [0.25, 0.3) is 0 Å². The van der Waals surface area contributed by atoms with Gasteiger partial charge >= 0.3 is 5.97 Å². The van der Waals surface area contributed by atoms with Crippen LogP contribution in [0.3, 0.4) is 0 Å². The molecule has 0 aliphatic carbocycles. The van der Waals surface area contributed by atoms with Gasteiger partial charge in [0.25, 0.3) is 0 Å². The average Bonchev–Trinajstić information content (AvgIpc) is 3.39. The quantitative estimate of drug-likeness (QED) is 0.0946. The summed E-state index contributed by atoms with van der Waals surface area (Å²) < 4.78 is 0. The number of carboxylic acid groups (broad SMARTS) is 1. The predicted molar refractivity (Wildman–Crippen MR) is 139 cm³/mol. The summed E-state index contributed by atoms with van der Waals surface area (Å²) in [5.74, 6) is -3.11.